The van der Waals surface area contributed by atoms with Crippen LogP contribution in [0.4, 0.5) is 10.6 Å². The monoisotopic (exact) mass is 393 g/mol. The number of hydrogen-bond donors (Lipinski definition) is 3. The summed E-state index contributed by atoms with van der Waals surface area (Å²) < 4.78 is 2.01. The molecule has 1 fully saturated rings. The highest BCUT2D eigenvalue weighted by atomic mass is 16.3. The number of anilines is 1. The quantitative estimate of drug-likeness (QED) is 0.602. The first-order chi connectivity index (χ1) is 14.2. The fourth-order valence-electron chi connectivity index (χ4n) is 4.11. The first kappa shape index (κ1) is 19.4. The number of fused-ring (bicyclic) bond motifs is 1. The Morgan fingerprint density at radius 3 is 2.72 bits per heavy atom. The smallest absolute Gasteiger partial charge is 0.320 e. The number of nitrogens with zero attached hydrogens (tertiary/aromatic N) is 3. The van der Waals surface area contributed by atoms with Crippen molar-refractivity contribution in [2.75, 3.05) is 5.32 Å². The number of carbonyl (C=O) groups is 1. The minimum absolute atomic E-state index is 0.133. The summed E-state index contributed by atoms with van der Waals surface area (Å²) in [6, 6.07) is 11.5. The number of nitrogens with one attached hydrogen (secondary N) is 2. The van der Waals surface area contributed by atoms with Crippen molar-refractivity contribution in [3.8, 4) is 0 Å². The lowest BCUT2D eigenvalue weighted by molar-refractivity contribution is 0.249. The molecule has 0 saturated heterocycles. The Balaban J connectivity index is 1.53. The Morgan fingerprint density at radius 2 is 2.00 bits per heavy atom. The molecule has 3 N–H and O–H groups in total. The highest BCUT2D eigenvalue weighted by Crippen LogP contribution is 2.32. The maximum atomic E-state index is 12.4. The molecule has 2 heterocycles. The van der Waals surface area contributed by atoms with Gasteiger partial charge >= 0.3 is 6.03 Å². The van der Waals surface area contributed by atoms with Crippen LogP contribution in [-0.4, -0.2) is 25.9 Å². The Kier molecular flexibility index (Phi) is 5.76. The molecule has 7 nitrogen and oxygen atoms in total. The van der Waals surface area contributed by atoms with Crippen molar-refractivity contribution in [1.82, 2.24) is 20.1 Å². The first-order valence-electron chi connectivity index (χ1n) is 10.3. The van der Waals surface area contributed by atoms with E-state index in [1.54, 1.807) is 6.20 Å². The van der Waals surface area contributed by atoms with Gasteiger partial charge in [0.2, 0.25) is 0 Å². The van der Waals surface area contributed by atoms with Crippen LogP contribution in [0, 0.1) is 0 Å². The lowest BCUT2D eigenvalue weighted by Gasteiger charge is -2.23. The summed E-state index contributed by atoms with van der Waals surface area (Å²) in [6.07, 6.45) is 7.66. The summed E-state index contributed by atoms with van der Waals surface area (Å²) >= 11 is 0. The van der Waals surface area contributed by atoms with E-state index < -0.39 is 0 Å². The van der Waals surface area contributed by atoms with Crippen molar-refractivity contribution >= 4 is 22.8 Å². The van der Waals surface area contributed by atoms with Crippen LogP contribution in [0.3, 0.4) is 0 Å². The van der Waals surface area contributed by atoms with Gasteiger partial charge in [0.15, 0.2) is 0 Å². The molecule has 2 aromatic heterocycles. The van der Waals surface area contributed by atoms with E-state index in [0.717, 1.165) is 29.3 Å². The van der Waals surface area contributed by atoms with Crippen molar-refractivity contribution in [2.24, 2.45) is 0 Å². The molecule has 0 bridgehead atoms. The number of rotatable bonds is 5. The summed E-state index contributed by atoms with van der Waals surface area (Å²) in [7, 11) is 0. The number of aliphatic hydroxyl groups excluding tert-OH is 1. The van der Waals surface area contributed by atoms with Crippen LogP contribution in [0.15, 0.2) is 42.6 Å². The standard InChI is InChI=1S/C22H27N5O2/c1-15(16-8-4-2-5-9-16)24-22(29)26-20-12-17-13-23-27(18-10-6-3-7-11-18)21(17)19(14-28)25-20/h2,4-5,8-9,12-13,15,18,28H,3,6-7,10-11,14H2,1H3,(H2,24,25,26,29)/t15-/m1/s1. The first-order valence-corrected chi connectivity index (χ1v) is 10.3. The predicted molar refractivity (Wildman–Crippen MR) is 113 cm³/mol. The van der Waals surface area contributed by atoms with Crippen molar-refractivity contribution in [2.45, 2.75) is 57.7 Å². The SMILES string of the molecule is C[C@@H](NC(=O)Nc1cc2cnn(C3CCCCC3)c2c(CO)n1)c1ccccc1. The third-order valence-corrected chi connectivity index (χ3v) is 5.60. The third-order valence-electron chi connectivity index (χ3n) is 5.60. The summed E-state index contributed by atoms with van der Waals surface area (Å²) in [5, 5.41) is 21.0. The van der Waals surface area contributed by atoms with Crippen LogP contribution in [0.5, 0.6) is 0 Å². The minimum Gasteiger partial charge on any atom is -0.390 e. The largest absolute Gasteiger partial charge is 0.390 e. The second kappa shape index (κ2) is 8.61. The molecular formula is C22H27N5O2. The van der Waals surface area contributed by atoms with E-state index in [2.05, 4.69) is 20.7 Å². The lowest BCUT2D eigenvalue weighted by atomic mass is 9.95. The minimum atomic E-state index is -0.336. The fourth-order valence-corrected chi connectivity index (χ4v) is 4.11. The Labute approximate surface area is 170 Å². The van der Waals surface area contributed by atoms with Crippen molar-refractivity contribution in [1.29, 1.82) is 0 Å². The number of amides is 2. The molecule has 1 aliphatic rings. The van der Waals surface area contributed by atoms with Crippen LogP contribution in [0.1, 0.15) is 62.4 Å². The van der Waals surface area contributed by atoms with Gasteiger partial charge in [-0.25, -0.2) is 9.78 Å². The van der Waals surface area contributed by atoms with E-state index >= 15 is 0 Å². The van der Waals surface area contributed by atoms with Gasteiger partial charge in [-0.15, -0.1) is 0 Å². The van der Waals surface area contributed by atoms with Gasteiger partial charge in [0.1, 0.15) is 5.82 Å². The number of carbonyl (C=O) groups excluding carboxylic acids is 1. The van der Waals surface area contributed by atoms with E-state index in [4.69, 9.17) is 0 Å². The molecule has 0 aliphatic heterocycles. The number of pyridine rings is 1. The molecule has 3 aromatic rings. The zero-order valence-electron chi connectivity index (χ0n) is 16.6. The average molecular weight is 393 g/mol. The molecule has 1 atom stereocenters. The number of urea groups is 1. The average Bonchev–Trinajstić information content (AvgIpc) is 3.18. The van der Waals surface area contributed by atoms with E-state index in [9.17, 15) is 9.90 Å². The van der Waals surface area contributed by atoms with Crippen LogP contribution in [0.2, 0.25) is 0 Å². The molecule has 4 rings (SSSR count). The zero-order valence-corrected chi connectivity index (χ0v) is 16.6. The van der Waals surface area contributed by atoms with Crippen LogP contribution < -0.4 is 10.6 Å². The third kappa shape index (κ3) is 4.24. The zero-order chi connectivity index (χ0) is 20.2. The molecule has 0 unspecified atom stereocenters. The molecule has 7 heteroatoms. The Morgan fingerprint density at radius 1 is 1.24 bits per heavy atom. The van der Waals surface area contributed by atoms with Crippen LogP contribution in [-0.2, 0) is 6.61 Å². The van der Waals surface area contributed by atoms with Crippen molar-refractivity contribution < 1.29 is 9.90 Å². The molecule has 0 spiro atoms. The second-order valence-electron chi connectivity index (χ2n) is 7.66. The van der Waals surface area contributed by atoms with Gasteiger partial charge in [0, 0.05) is 5.39 Å². The predicted octanol–water partition coefficient (Wildman–Crippen LogP) is 4.31. The van der Waals surface area contributed by atoms with Crippen LogP contribution in [0.25, 0.3) is 10.9 Å². The highest BCUT2D eigenvalue weighted by Gasteiger charge is 2.21. The van der Waals surface area contributed by atoms with E-state index in [-0.39, 0.29) is 18.7 Å². The summed E-state index contributed by atoms with van der Waals surface area (Å²) in [4.78, 5) is 16.9. The molecule has 2 amide bonds. The molecular weight excluding hydrogens is 366 g/mol. The van der Waals surface area contributed by atoms with Crippen LogP contribution >= 0.6 is 0 Å². The van der Waals surface area contributed by atoms with Crippen molar-refractivity contribution in [3.05, 3.63) is 53.9 Å². The van der Waals surface area contributed by atoms with Gasteiger partial charge in [0.25, 0.3) is 0 Å². The van der Waals surface area contributed by atoms with Gasteiger partial charge in [-0.1, -0.05) is 49.6 Å². The van der Waals surface area contributed by atoms with Gasteiger partial charge < -0.3 is 10.4 Å². The number of aliphatic hydroxyl groups is 1. The van der Waals surface area contributed by atoms with Gasteiger partial charge in [-0.3, -0.25) is 10.00 Å². The summed E-state index contributed by atoms with van der Waals surface area (Å²) in [5.74, 6) is 0.405. The number of benzene rings is 1. The van der Waals surface area contributed by atoms with E-state index in [1.165, 1.54) is 19.3 Å². The van der Waals surface area contributed by atoms with Gasteiger partial charge in [0.05, 0.1) is 36.1 Å². The molecule has 152 valence electrons. The lowest BCUT2D eigenvalue weighted by Crippen LogP contribution is -2.31. The Bertz CT molecular complexity index is 980. The van der Waals surface area contributed by atoms with Gasteiger partial charge in [-0.2, -0.15) is 5.10 Å². The van der Waals surface area contributed by atoms with Crippen molar-refractivity contribution in [3.63, 3.8) is 0 Å². The fraction of sp³-hybridized carbons (Fsp3) is 0.409. The molecule has 0 radical (unpaired) electrons. The molecule has 1 aliphatic carbocycles. The summed E-state index contributed by atoms with van der Waals surface area (Å²) in [6.45, 7) is 1.73. The topological polar surface area (TPSA) is 92.1 Å². The maximum absolute atomic E-state index is 12.4. The van der Waals surface area contributed by atoms with E-state index in [0.29, 0.717) is 17.6 Å². The maximum Gasteiger partial charge on any atom is 0.320 e. The number of aromatic nitrogens is 3. The Hall–Kier alpha value is -2.93. The molecule has 1 saturated carbocycles. The molecule has 1 aromatic carbocycles. The van der Waals surface area contributed by atoms with Gasteiger partial charge in [-0.05, 0) is 31.4 Å². The second-order valence-corrected chi connectivity index (χ2v) is 7.66. The molecule has 29 heavy (non-hydrogen) atoms. The number of hydrogen-bond acceptors (Lipinski definition) is 4. The normalized spacial score (nSPS) is 15.9. The highest BCUT2D eigenvalue weighted by molar-refractivity contribution is 5.92. The van der Waals surface area contributed by atoms with E-state index in [1.807, 2.05) is 48.0 Å². The summed E-state index contributed by atoms with van der Waals surface area (Å²) in [5.41, 5.74) is 2.43.